The van der Waals surface area contributed by atoms with Crippen LogP contribution in [0.15, 0.2) is 36.4 Å². The first-order chi connectivity index (χ1) is 11.2. The fourth-order valence-electron chi connectivity index (χ4n) is 5.11. The summed E-state index contributed by atoms with van der Waals surface area (Å²) in [5.74, 6) is 2.02. The van der Waals surface area contributed by atoms with Crippen molar-refractivity contribution >= 4 is 17.5 Å². The predicted octanol–water partition coefficient (Wildman–Crippen LogP) is 2.64. The maximum absolute atomic E-state index is 13.1. The van der Waals surface area contributed by atoms with Gasteiger partial charge in [-0.15, -0.1) is 0 Å². The van der Waals surface area contributed by atoms with Crippen molar-refractivity contribution in [1.29, 1.82) is 0 Å². The minimum absolute atomic E-state index is 0.0307. The van der Waals surface area contributed by atoms with Crippen LogP contribution in [0.25, 0.3) is 0 Å². The first-order valence-corrected chi connectivity index (χ1v) is 8.50. The molecule has 4 heteroatoms. The van der Waals surface area contributed by atoms with Crippen molar-refractivity contribution < 1.29 is 14.3 Å². The van der Waals surface area contributed by atoms with Gasteiger partial charge in [-0.3, -0.25) is 9.59 Å². The molecule has 23 heavy (non-hydrogen) atoms. The quantitative estimate of drug-likeness (QED) is 0.637. The predicted molar refractivity (Wildman–Crippen MR) is 84.8 cm³/mol. The molecule has 0 aromatic heterocycles. The highest BCUT2D eigenvalue weighted by atomic mass is 16.5. The Morgan fingerprint density at radius 2 is 1.65 bits per heavy atom. The largest absolute Gasteiger partial charge is 0.492 e. The second-order valence-electron chi connectivity index (χ2n) is 7.07. The van der Waals surface area contributed by atoms with E-state index in [4.69, 9.17) is 4.74 Å². The number of carbonyl (C=O) groups is 2. The first kappa shape index (κ1) is 13.3. The molecule has 6 atom stereocenters. The third kappa shape index (κ3) is 1.61. The summed E-state index contributed by atoms with van der Waals surface area (Å²) in [6.45, 7) is 2.42. The Hall–Kier alpha value is -2.10. The first-order valence-electron chi connectivity index (χ1n) is 8.50. The summed E-state index contributed by atoms with van der Waals surface area (Å²) in [5, 5.41) is 0. The number of imide groups is 1. The van der Waals surface area contributed by atoms with Gasteiger partial charge in [0.15, 0.2) is 0 Å². The summed E-state index contributed by atoms with van der Waals surface area (Å²) in [6, 6.07) is 7.36. The number of amides is 2. The third-order valence-electron chi connectivity index (χ3n) is 6.07. The fraction of sp³-hybridized carbons (Fsp3) is 0.474. The van der Waals surface area contributed by atoms with Crippen molar-refractivity contribution in [1.82, 2.24) is 0 Å². The van der Waals surface area contributed by atoms with E-state index in [1.165, 1.54) is 11.3 Å². The van der Waals surface area contributed by atoms with Crippen LogP contribution < -0.4 is 9.64 Å². The standard InChI is InChI=1S/C19H19NO3/c1-2-23-15-6-4-3-5-14(15)20-18(21)16-10-7-8-11(13-9-12(10)13)17(16)19(20)22/h3-8,10-13,16-17H,2,9H2,1H3/t10-,11-,12-,13+,16+,17+/m0/s1. The molecular formula is C19H19NO3. The molecule has 2 saturated carbocycles. The Labute approximate surface area is 135 Å². The number of rotatable bonds is 3. The monoisotopic (exact) mass is 309 g/mol. The molecule has 1 aromatic carbocycles. The van der Waals surface area contributed by atoms with E-state index in [9.17, 15) is 9.59 Å². The molecule has 5 aliphatic rings. The van der Waals surface area contributed by atoms with Gasteiger partial charge < -0.3 is 4.74 Å². The van der Waals surface area contributed by atoms with Gasteiger partial charge in [0.2, 0.25) is 11.8 Å². The van der Waals surface area contributed by atoms with Crippen LogP contribution in [-0.2, 0) is 9.59 Å². The van der Waals surface area contributed by atoms with Crippen molar-refractivity contribution in [2.45, 2.75) is 13.3 Å². The van der Waals surface area contributed by atoms with E-state index in [1.807, 2.05) is 31.2 Å². The van der Waals surface area contributed by atoms with E-state index in [1.54, 1.807) is 0 Å². The molecule has 4 aliphatic carbocycles. The molecule has 2 amide bonds. The summed E-state index contributed by atoms with van der Waals surface area (Å²) < 4.78 is 5.64. The summed E-state index contributed by atoms with van der Waals surface area (Å²) >= 11 is 0. The van der Waals surface area contributed by atoms with Crippen LogP contribution >= 0.6 is 0 Å². The van der Waals surface area contributed by atoms with Crippen LogP contribution in [0, 0.1) is 35.5 Å². The Kier molecular flexibility index (Phi) is 2.59. The van der Waals surface area contributed by atoms with Gasteiger partial charge in [0, 0.05) is 0 Å². The topological polar surface area (TPSA) is 46.6 Å². The van der Waals surface area contributed by atoms with Crippen molar-refractivity contribution in [2.24, 2.45) is 35.5 Å². The number of para-hydroxylation sites is 2. The third-order valence-corrected chi connectivity index (χ3v) is 6.07. The van der Waals surface area contributed by atoms with Gasteiger partial charge in [0.25, 0.3) is 0 Å². The molecule has 1 aromatic rings. The Morgan fingerprint density at radius 1 is 1.04 bits per heavy atom. The lowest BCUT2D eigenvalue weighted by Crippen LogP contribution is -2.40. The molecule has 6 rings (SSSR count). The molecule has 0 unspecified atom stereocenters. The maximum atomic E-state index is 13.1. The van der Waals surface area contributed by atoms with Crippen molar-refractivity contribution in [3.05, 3.63) is 36.4 Å². The van der Waals surface area contributed by atoms with Gasteiger partial charge in [0.05, 0.1) is 24.1 Å². The maximum Gasteiger partial charge on any atom is 0.238 e. The average molecular weight is 309 g/mol. The zero-order valence-corrected chi connectivity index (χ0v) is 13.0. The molecule has 1 aliphatic heterocycles. The molecule has 2 bridgehead atoms. The van der Waals surface area contributed by atoms with E-state index in [0.717, 1.165) is 0 Å². The number of anilines is 1. The number of benzene rings is 1. The molecule has 0 N–H and O–H groups in total. The average Bonchev–Trinajstić information content (AvgIpc) is 3.34. The van der Waals surface area contributed by atoms with E-state index in [2.05, 4.69) is 12.2 Å². The highest BCUT2D eigenvalue weighted by molar-refractivity contribution is 6.23. The highest BCUT2D eigenvalue weighted by Gasteiger charge is 2.67. The Bertz CT molecular complexity index is 704. The van der Waals surface area contributed by atoms with Gasteiger partial charge in [-0.05, 0) is 49.1 Å². The van der Waals surface area contributed by atoms with Gasteiger partial charge in [-0.2, -0.15) is 0 Å². The van der Waals surface area contributed by atoms with Crippen LogP contribution in [0.4, 0.5) is 5.69 Å². The summed E-state index contributed by atoms with van der Waals surface area (Å²) in [6.07, 6.45) is 5.58. The lowest BCUT2D eigenvalue weighted by Gasteiger charge is -2.37. The molecule has 4 nitrogen and oxygen atoms in total. The molecule has 0 radical (unpaired) electrons. The van der Waals surface area contributed by atoms with E-state index >= 15 is 0 Å². The van der Waals surface area contributed by atoms with Crippen LogP contribution in [0.3, 0.4) is 0 Å². The van der Waals surface area contributed by atoms with E-state index in [0.29, 0.717) is 29.9 Å². The SMILES string of the molecule is CCOc1ccccc1N1C(=O)[C@@H]2[C@H]3C=C[C@@H]([C@@H]4C[C@H]34)[C@H]2C1=O. The molecular weight excluding hydrogens is 290 g/mol. The minimum atomic E-state index is -0.157. The van der Waals surface area contributed by atoms with Crippen molar-refractivity contribution in [3.63, 3.8) is 0 Å². The Morgan fingerprint density at radius 3 is 2.26 bits per heavy atom. The summed E-state index contributed by atoms with van der Waals surface area (Å²) in [4.78, 5) is 27.6. The molecule has 3 fully saturated rings. The van der Waals surface area contributed by atoms with Crippen LogP contribution in [-0.4, -0.2) is 18.4 Å². The van der Waals surface area contributed by atoms with Gasteiger partial charge >= 0.3 is 0 Å². The second-order valence-corrected chi connectivity index (χ2v) is 7.07. The Balaban J connectivity index is 1.57. The highest BCUT2D eigenvalue weighted by Crippen LogP contribution is 2.65. The van der Waals surface area contributed by atoms with Crippen molar-refractivity contribution in [3.8, 4) is 5.75 Å². The van der Waals surface area contributed by atoms with Crippen LogP contribution in [0.2, 0.25) is 0 Å². The lowest BCUT2D eigenvalue weighted by molar-refractivity contribution is -0.124. The zero-order chi connectivity index (χ0) is 15.7. The lowest BCUT2D eigenvalue weighted by atomic mass is 9.63. The number of allylic oxidation sites excluding steroid dienone is 2. The summed E-state index contributed by atoms with van der Waals surface area (Å²) in [5.41, 5.74) is 0.604. The number of nitrogens with zero attached hydrogens (tertiary/aromatic N) is 1. The second kappa shape index (κ2) is 4.47. The number of carbonyl (C=O) groups excluding carboxylic acids is 2. The fourth-order valence-corrected chi connectivity index (χ4v) is 5.11. The van der Waals surface area contributed by atoms with Gasteiger partial charge in [-0.1, -0.05) is 24.3 Å². The number of hydrogen-bond donors (Lipinski definition) is 0. The van der Waals surface area contributed by atoms with Crippen LogP contribution in [0.5, 0.6) is 5.75 Å². The van der Waals surface area contributed by atoms with Gasteiger partial charge in [0.1, 0.15) is 5.75 Å². The summed E-state index contributed by atoms with van der Waals surface area (Å²) in [7, 11) is 0. The molecule has 0 spiro atoms. The zero-order valence-electron chi connectivity index (χ0n) is 13.0. The molecule has 1 saturated heterocycles. The van der Waals surface area contributed by atoms with Crippen LogP contribution in [0.1, 0.15) is 13.3 Å². The van der Waals surface area contributed by atoms with Gasteiger partial charge in [-0.25, -0.2) is 4.90 Å². The normalized spacial score (nSPS) is 39.4. The smallest absolute Gasteiger partial charge is 0.238 e. The number of hydrogen-bond acceptors (Lipinski definition) is 3. The van der Waals surface area contributed by atoms with E-state index < -0.39 is 0 Å². The minimum Gasteiger partial charge on any atom is -0.492 e. The van der Waals surface area contributed by atoms with Crippen molar-refractivity contribution in [2.75, 3.05) is 11.5 Å². The number of ether oxygens (including phenoxy) is 1. The molecule has 118 valence electrons. The van der Waals surface area contributed by atoms with E-state index in [-0.39, 0.29) is 35.5 Å². The molecule has 1 heterocycles.